The Morgan fingerprint density at radius 2 is 1.80 bits per heavy atom. The van der Waals surface area contributed by atoms with Crippen LogP contribution in [0.4, 0.5) is 5.69 Å². The van der Waals surface area contributed by atoms with E-state index in [4.69, 9.17) is 0 Å². The van der Waals surface area contributed by atoms with Gasteiger partial charge in [0.1, 0.15) is 5.54 Å². The second kappa shape index (κ2) is 7.36. The Balaban J connectivity index is 1.87. The number of para-hydroxylation sites is 1. The molecule has 2 amide bonds. The maximum Gasteiger partial charge on any atom is 0.324 e. The third-order valence-corrected chi connectivity index (χ3v) is 6.18. The number of anilines is 1. The fraction of sp³-hybridized carbons (Fsp3) is 0.375. The molecule has 2 N–H and O–H groups in total. The molecule has 0 radical (unpaired) electrons. The number of nitrogens with zero attached hydrogens (tertiary/aromatic N) is 1. The first-order valence-electron chi connectivity index (χ1n) is 10.3. The number of amides is 2. The number of nitrogens with one attached hydrogen (secondary N) is 1. The van der Waals surface area contributed by atoms with Crippen LogP contribution in [0.5, 0.6) is 0 Å². The van der Waals surface area contributed by atoms with Crippen LogP contribution in [0, 0.1) is 24.7 Å². The molecule has 0 aromatic heterocycles. The summed E-state index contributed by atoms with van der Waals surface area (Å²) in [6.07, 6.45) is 0.257. The van der Waals surface area contributed by atoms with Crippen molar-refractivity contribution in [3.63, 3.8) is 0 Å². The van der Waals surface area contributed by atoms with Gasteiger partial charge in [0.15, 0.2) is 0 Å². The average Bonchev–Trinajstić information content (AvgIpc) is 3.17. The van der Waals surface area contributed by atoms with Crippen LogP contribution in [0.25, 0.3) is 0 Å². The number of hydrogen-bond donors (Lipinski definition) is 2. The Kier molecular flexibility index (Phi) is 4.98. The van der Waals surface area contributed by atoms with E-state index >= 15 is 0 Å². The van der Waals surface area contributed by atoms with Gasteiger partial charge in [0.2, 0.25) is 11.8 Å². The number of aryl methyl sites for hydroxylation is 1. The summed E-state index contributed by atoms with van der Waals surface area (Å²) in [7, 11) is 0. The average molecular weight is 406 g/mol. The first kappa shape index (κ1) is 20.3. The van der Waals surface area contributed by atoms with Gasteiger partial charge in [-0.15, -0.1) is 0 Å². The van der Waals surface area contributed by atoms with Gasteiger partial charge in [-0.3, -0.25) is 19.7 Å². The number of benzene rings is 2. The highest BCUT2D eigenvalue weighted by atomic mass is 16.4. The lowest BCUT2D eigenvalue weighted by Gasteiger charge is -2.32. The summed E-state index contributed by atoms with van der Waals surface area (Å²) < 4.78 is 0. The van der Waals surface area contributed by atoms with Gasteiger partial charge in [-0.25, -0.2) is 4.90 Å². The van der Waals surface area contributed by atoms with E-state index in [1.807, 2.05) is 51.1 Å². The van der Waals surface area contributed by atoms with Crippen LogP contribution in [0.2, 0.25) is 0 Å². The van der Waals surface area contributed by atoms with Crippen LogP contribution < -0.4 is 10.2 Å². The lowest BCUT2D eigenvalue weighted by Crippen LogP contribution is -2.56. The zero-order valence-corrected chi connectivity index (χ0v) is 17.3. The lowest BCUT2D eigenvalue weighted by atomic mass is 9.75. The molecule has 0 spiro atoms. The van der Waals surface area contributed by atoms with Crippen molar-refractivity contribution in [1.29, 1.82) is 0 Å². The Morgan fingerprint density at radius 1 is 1.10 bits per heavy atom. The molecule has 6 heteroatoms. The molecule has 2 saturated heterocycles. The molecule has 4 rings (SSSR count). The maximum atomic E-state index is 13.5. The summed E-state index contributed by atoms with van der Waals surface area (Å²) in [5.74, 6) is -3.58. The van der Waals surface area contributed by atoms with E-state index in [1.54, 1.807) is 24.3 Å². The molecule has 156 valence electrons. The number of carboxylic acids is 1. The van der Waals surface area contributed by atoms with Gasteiger partial charge in [-0.2, -0.15) is 0 Å². The Hall–Kier alpha value is -2.99. The highest BCUT2D eigenvalue weighted by molar-refractivity contribution is 6.24. The molecule has 0 aliphatic carbocycles. The molecule has 0 saturated carbocycles. The SMILES string of the molecule is Cc1cccc(C2NC(CC(C)C)(C(=O)O)C3C(=O)N(c4ccccc4)C(=O)C23)c1. The van der Waals surface area contributed by atoms with Crippen molar-refractivity contribution in [3.05, 3.63) is 65.7 Å². The number of fused-ring (bicyclic) bond motifs is 1. The minimum atomic E-state index is -1.50. The highest BCUT2D eigenvalue weighted by Crippen LogP contribution is 2.51. The normalized spacial score (nSPS) is 28.3. The van der Waals surface area contributed by atoms with E-state index in [1.165, 1.54) is 4.90 Å². The summed E-state index contributed by atoms with van der Waals surface area (Å²) >= 11 is 0. The highest BCUT2D eigenvalue weighted by Gasteiger charge is 2.68. The van der Waals surface area contributed by atoms with Gasteiger partial charge in [0.25, 0.3) is 0 Å². The molecule has 0 bridgehead atoms. The van der Waals surface area contributed by atoms with Gasteiger partial charge >= 0.3 is 5.97 Å². The largest absolute Gasteiger partial charge is 0.480 e. The summed E-state index contributed by atoms with van der Waals surface area (Å²) in [6, 6.07) is 15.9. The number of imide groups is 1. The molecular formula is C24H26N2O4. The zero-order chi connectivity index (χ0) is 21.6. The first-order valence-corrected chi connectivity index (χ1v) is 10.3. The Bertz CT molecular complexity index is 1000. The molecule has 2 fully saturated rings. The van der Waals surface area contributed by atoms with Gasteiger partial charge in [0.05, 0.1) is 17.5 Å². The topological polar surface area (TPSA) is 86.7 Å². The number of carboxylic acid groups (broad SMARTS) is 1. The fourth-order valence-electron chi connectivity index (χ4n) is 5.10. The predicted molar refractivity (Wildman–Crippen MR) is 113 cm³/mol. The van der Waals surface area contributed by atoms with E-state index < -0.39 is 35.3 Å². The monoisotopic (exact) mass is 406 g/mol. The van der Waals surface area contributed by atoms with E-state index in [-0.39, 0.29) is 18.2 Å². The van der Waals surface area contributed by atoms with Crippen LogP contribution in [-0.2, 0) is 14.4 Å². The third-order valence-electron chi connectivity index (χ3n) is 6.18. The van der Waals surface area contributed by atoms with E-state index in [9.17, 15) is 19.5 Å². The molecule has 30 heavy (non-hydrogen) atoms. The molecule has 2 aromatic rings. The summed E-state index contributed by atoms with van der Waals surface area (Å²) in [4.78, 5) is 40.9. The second-order valence-electron chi connectivity index (χ2n) is 8.76. The van der Waals surface area contributed by atoms with Crippen LogP contribution in [0.1, 0.15) is 37.4 Å². The molecule has 6 nitrogen and oxygen atoms in total. The molecule has 2 heterocycles. The van der Waals surface area contributed by atoms with E-state index in [0.29, 0.717) is 5.69 Å². The fourth-order valence-corrected chi connectivity index (χ4v) is 5.10. The summed E-state index contributed by atoms with van der Waals surface area (Å²) in [5, 5.41) is 13.5. The first-order chi connectivity index (χ1) is 14.3. The van der Waals surface area contributed by atoms with Crippen molar-refractivity contribution in [2.75, 3.05) is 4.90 Å². The van der Waals surface area contributed by atoms with Crippen molar-refractivity contribution < 1.29 is 19.5 Å². The van der Waals surface area contributed by atoms with Crippen molar-refractivity contribution in [2.24, 2.45) is 17.8 Å². The number of rotatable bonds is 5. The van der Waals surface area contributed by atoms with E-state index in [0.717, 1.165) is 11.1 Å². The Labute approximate surface area is 175 Å². The van der Waals surface area contributed by atoms with E-state index in [2.05, 4.69) is 5.32 Å². The molecule has 4 atom stereocenters. The van der Waals surface area contributed by atoms with Crippen LogP contribution in [0.15, 0.2) is 54.6 Å². The number of hydrogen-bond acceptors (Lipinski definition) is 4. The zero-order valence-electron chi connectivity index (χ0n) is 17.3. The minimum Gasteiger partial charge on any atom is -0.480 e. The molecule has 4 unspecified atom stereocenters. The van der Waals surface area contributed by atoms with Crippen molar-refractivity contribution >= 4 is 23.5 Å². The van der Waals surface area contributed by atoms with Crippen molar-refractivity contribution in [3.8, 4) is 0 Å². The van der Waals surface area contributed by atoms with Crippen LogP contribution in [-0.4, -0.2) is 28.4 Å². The second-order valence-corrected chi connectivity index (χ2v) is 8.76. The number of carbonyl (C=O) groups excluding carboxylic acids is 2. The lowest BCUT2D eigenvalue weighted by molar-refractivity contribution is -0.149. The predicted octanol–water partition coefficient (Wildman–Crippen LogP) is 3.31. The number of aliphatic carboxylic acids is 1. The Morgan fingerprint density at radius 3 is 2.40 bits per heavy atom. The van der Waals surface area contributed by atoms with Gasteiger partial charge in [0, 0.05) is 6.04 Å². The molecule has 2 aliphatic heterocycles. The van der Waals surface area contributed by atoms with Gasteiger partial charge < -0.3 is 5.11 Å². The molecule has 2 aliphatic rings. The van der Waals surface area contributed by atoms with Crippen molar-refractivity contribution in [1.82, 2.24) is 5.32 Å². The number of carbonyl (C=O) groups is 3. The smallest absolute Gasteiger partial charge is 0.324 e. The van der Waals surface area contributed by atoms with Gasteiger partial charge in [-0.1, -0.05) is 61.9 Å². The maximum absolute atomic E-state index is 13.5. The third kappa shape index (κ3) is 3.03. The molecule has 2 aromatic carbocycles. The minimum absolute atomic E-state index is 0.0270. The standard InChI is InChI=1S/C24H26N2O4/c1-14(2)13-24(23(29)30)19-18(20(25-24)16-9-7-8-15(3)12-16)21(27)26(22(19)28)17-10-5-4-6-11-17/h4-12,14,18-20,25H,13H2,1-3H3,(H,29,30). The summed E-state index contributed by atoms with van der Waals surface area (Å²) in [6.45, 7) is 5.81. The van der Waals surface area contributed by atoms with Crippen molar-refractivity contribution in [2.45, 2.75) is 38.8 Å². The van der Waals surface area contributed by atoms with Crippen LogP contribution in [0.3, 0.4) is 0 Å². The van der Waals surface area contributed by atoms with Crippen LogP contribution >= 0.6 is 0 Å². The van der Waals surface area contributed by atoms with Gasteiger partial charge in [-0.05, 0) is 37.0 Å². The molecular weight excluding hydrogens is 380 g/mol. The summed E-state index contributed by atoms with van der Waals surface area (Å²) in [5.41, 5.74) is 0.824. The quantitative estimate of drug-likeness (QED) is 0.744.